The van der Waals surface area contributed by atoms with Crippen LogP contribution in [0.1, 0.15) is 20.8 Å². The van der Waals surface area contributed by atoms with Crippen molar-refractivity contribution < 1.29 is 9.90 Å². The van der Waals surface area contributed by atoms with Gasteiger partial charge in [-0.3, -0.25) is 4.79 Å². The van der Waals surface area contributed by atoms with Gasteiger partial charge in [0.2, 0.25) is 0 Å². The van der Waals surface area contributed by atoms with Crippen molar-refractivity contribution in [2.24, 2.45) is 5.10 Å². The number of nitrogens with zero attached hydrogens (tertiary/aromatic N) is 1. The predicted molar refractivity (Wildman–Crippen MR) is 84.9 cm³/mol. The highest BCUT2D eigenvalue weighted by Crippen LogP contribution is 2.19. The van der Waals surface area contributed by atoms with Crippen molar-refractivity contribution in [3.05, 3.63) is 49.2 Å². The van der Waals surface area contributed by atoms with Gasteiger partial charge in [0.05, 0.1) is 11.8 Å². The number of rotatable bonds is 3. The molecule has 2 aromatic rings. The average molecular weight is 386 g/mol. The summed E-state index contributed by atoms with van der Waals surface area (Å²) < 4.78 is 0.874. The molecule has 0 bridgehead atoms. The van der Waals surface area contributed by atoms with E-state index in [-0.39, 0.29) is 11.3 Å². The lowest BCUT2D eigenvalue weighted by Gasteiger charge is -2.03. The van der Waals surface area contributed by atoms with Crippen LogP contribution in [-0.2, 0) is 0 Å². The van der Waals surface area contributed by atoms with Gasteiger partial charge in [0, 0.05) is 8.45 Å². The van der Waals surface area contributed by atoms with E-state index in [4.69, 9.17) is 0 Å². The molecular weight excluding hydrogens is 375 g/mol. The molecule has 0 radical (unpaired) electrons. The first-order valence-corrected chi connectivity index (χ1v) is 7.40. The van der Waals surface area contributed by atoms with Crippen LogP contribution in [0, 0.1) is 10.5 Å². The zero-order valence-corrected chi connectivity index (χ0v) is 13.0. The van der Waals surface area contributed by atoms with E-state index in [9.17, 15) is 9.90 Å². The number of amides is 1. The molecule has 0 saturated carbocycles. The molecule has 2 N–H and O–H groups in total. The molecule has 0 fully saturated rings. The molecule has 1 aromatic carbocycles. The Morgan fingerprint density at radius 3 is 2.95 bits per heavy atom. The number of hydrogen-bond donors (Lipinski definition) is 2. The van der Waals surface area contributed by atoms with Crippen LogP contribution < -0.4 is 5.43 Å². The smallest absolute Gasteiger partial charge is 0.275 e. The second kappa shape index (κ2) is 6.16. The number of nitrogens with one attached hydrogen (secondary N) is 1. The van der Waals surface area contributed by atoms with Gasteiger partial charge in [0.1, 0.15) is 5.75 Å². The summed E-state index contributed by atoms with van der Waals surface area (Å²) >= 11 is 3.63. The lowest BCUT2D eigenvalue weighted by atomic mass is 10.2. The van der Waals surface area contributed by atoms with Gasteiger partial charge in [0.15, 0.2) is 0 Å². The van der Waals surface area contributed by atoms with Gasteiger partial charge in [-0.15, -0.1) is 11.3 Å². The van der Waals surface area contributed by atoms with Crippen LogP contribution in [0.5, 0.6) is 5.75 Å². The Balaban J connectivity index is 2.08. The fourth-order valence-corrected chi connectivity index (χ4v) is 2.69. The first-order chi connectivity index (χ1) is 9.08. The first-order valence-electron chi connectivity index (χ1n) is 5.44. The van der Waals surface area contributed by atoms with Gasteiger partial charge < -0.3 is 5.11 Å². The molecule has 0 spiro atoms. The summed E-state index contributed by atoms with van der Waals surface area (Å²) in [5.41, 5.74) is 3.73. The Labute approximate surface area is 128 Å². The quantitative estimate of drug-likeness (QED) is 0.484. The second-order valence-electron chi connectivity index (χ2n) is 3.83. The monoisotopic (exact) mass is 386 g/mol. The molecule has 0 unspecified atom stereocenters. The Hall–Kier alpha value is -1.41. The minimum atomic E-state index is -0.429. The molecule has 0 aliphatic rings. The third kappa shape index (κ3) is 3.54. The van der Waals surface area contributed by atoms with Crippen LogP contribution in [0.15, 0.2) is 34.7 Å². The van der Waals surface area contributed by atoms with Crippen molar-refractivity contribution in [2.75, 3.05) is 0 Å². The molecule has 1 amide bonds. The van der Waals surface area contributed by atoms with E-state index in [1.165, 1.54) is 6.07 Å². The zero-order valence-electron chi connectivity index (χ0n) is 10.1. The SMILES string of the molecule is Cc1ccsc1C=NNC(=O)c1cc(I)ccc1O. The highest BCUT2D eigenvalue weighted by molar-refractivity contribution is 14.1. The largest absolute Gasteiger partial charge is 0.507 e. The summed E-state index contributed by atoms with van der Waals surface area (Å²) in [5, 5.41) is 15.5. The van der Waals surface area contributed by atoms with Crippen LogP contribution in [0.25, 0.3) is 0 Å². The van der Waals surface area contributed by atoms with Crippen LogP contribution in [-0.4, -0.2) is 17.2 Å². The molecule has 19 heavy (non-hydrogen) atoms. The highest BCUT2D eigenvalue weighted by atomic mass is 127. The summed E-state index contributed by atoms with van der Waals surface area (Å²) in [7, 11) is 0. The van der Waals surface area contributed by atoms with Crippen LogP contribution in [0.3, 0.4) is 0 Å². The Kier molecular flexibility index (Phi) is 4.54. The third-order valence-electron chi connectivity index (χ3n) is 2.45. The molecule has 1 aromatic heterocycles. The van der Waals surface area contributed by atoms with Crippen molar-refractivity contribution in [1.82, 2.24) is 5.43 Å². The van der Waals surface area contributed by atoms with Crippen LogP contribution in [0.2, 0.25) is 0 Å². The number of thiophene rings is 1. The summed E-state index contributed by atoms with van der Waals surface area (Å²) in [4.78, 5) is 12.8. The minimum absolute atomic E-state index is 0.0552. The lowest BCUT2D eigenvalue weighted by Crippen LogP contribution is -2.17. The van der Waals surface area contributed by atoms with E-state index in [1.54, 1.807) is 29.7 Å². The Bertz CT molecular complexity index is 637. The van der Waals surface area contributed by atoms with Crippen molar-refractivity contribution in [3.63, 3.8) is 0 Å². The lowest BCUT2D eigenvalue weighted by molar-refractivity contribution is 0.0952. The third-order valence-corrected chi connectivity index (χ3v) is 4.08. The van der Waals surface area contributed by atoms with Crippen molar-refractivity contribution in [1.29, 1.82) is 0 Å². The number of phenolic OH excluding ortho intramolecular Hbond substituents is 1. The molecule has 1 heterocycles. The highest BCUT2D eigenvalue weighted by Gasteiger charge is 2.10. The van der Waals surface area contributed by atoms with E-state index in [1.807, 2.05) is 18.4 Å². The Morgan fingerprint density at radius 2 is 2.26 bits per heavy atom. The fourth-order valence-electron chi connectivity index (χ4n) is 1.42. The number of aromatic hydroxyl groups is 1. The summed E-state index contributed by atoms with van der Waals surface area (Å²) in [6, 6.07) is 6.81. The first kappa shape index (κ1) is 14.0. The van der Waals surface area contributed by atoms with Crippen molar-refractivity contribution in [2.45, 2.75) is 6.92 Å². The topological polar surface area (TPSA) is 61.7 Å². The van der Waals surface area contributed by atoms with E-state index < -0.39 is 5.91 Å². The molecule has 98 valence electrons. The average Bonchev–Trinajstić information content (AvgIpc) is 2.78. The molecule has 2 rings (SSSR count). The molecule has 0 atom stereocenters. The molecule has 6 heteroatoms. The summed E-state index contributed by atoms with van der Waals surface area (Å²) in [5.74, 6) is -0.484. The number of hydrazone groups is 1. The van der Waals surface area contributed by atoms with E-state index in [2.05, 4.69) is 33.1 Å². The summed E-state index contributed by atoms with van der Waals surface area (Å²) in [6.45, 7) is 1.98. The normalized spacial score (nSPS) is 10.8. The number of aryl methyl sites for hydroxylation is 1. The predicted octanol–water partition coefficient (Wildman–Crippen LogP) is 3.13. The number of carbonyl (C=O) groups is 1. The van der Waals surface area contributed by atoms with Crippen molar-refractivity contribution >= 4 is 46.0 Å². The van der Waals surface area contributed by atoms with E-state index >= 15 is 0 Å². The standard InChI is InChI=1S/C13H11IN2O2S/c1-8-4-5-19-12(8)7-15-16-13(18)10-6-9(14)2-3-11(10)17/h2-7,17H,1H3,(H,16,18). The molecule has 0 saturated heterocycles. The maximum absolute atomic E-state index is 11.8. The van der Waals surface area contributed by atoms with Crippen LogP contribution >= 0.6 is 33.9 Å². The second-order valence-corrected chi connectivity index (χ2v) is 6.02. The van der Waals surface area contributed by atoms with Crippen molar-refractivity contribution in [3.8, 4) is 5.75 Å². The van der Waals surface area contributed by atoms with E-state index in [0.717, 1.165) is 14.0 Å². The van der Waals surface area contributed by atoms with Gasteiger partial charge in [-0.2, -0.15) is 5.10 Å². The van der Waals surface area contributed by atoms with Gasteiger partial charge in [-0.05, 0) is 64.7 Å². The fraction of sp³-hybridized carbons (Fsp3) is 0.0769. The van der Waals surface area contributed by atoms with E-state index in [0.29, 0.717) is 0 Å². The van der Waals surface area contributed by atoms with Gasteiger partial charge in [0.25, 0.3) is 5.91 Å². The molecule has 4 nitrogen and oxygen atoms in total. The summed E-state index contributed by atoms with van der Waals surface area (Å²) in [6.07, 6.45) is 1.60. The number of hydrogen-bond acceptors (Lipinski definition) is 4. The maximum Gasteiger partial charge on any atom is 0.275 e. The molecular formula is C13H11IN2O2S. The number of benzene rings is 1. The maximum atomic E-state index is 11.8. The number of halogens is 1. The minimum Gasteiger partial charge on any atom is -0.507 e. The number of carbonyl (C=O) groups excluding carboxylic acids is 1. The zero-order chi connectivity index (χ0) is 13.8. The molecule has 0 aliphatic heterocycles. The Morgan fingerprint density at radius 1 is 1.47 bits per heavy atom. The van der Waals surface area contributed by atoms with Gasteiger partial charge in [-0.25, -0.2) is 5.43 Å². The van der Waals surface area contributed by atoms with Gasteiger partial charge >= 0.3 is 0 Å². The van der Waals surface area contributed by atoms with Crippen LogP contribution in [0.4, 0.5) is 0 Å². The number of phenols is 1. The molecule has 0 aliphatic carbocycles. The van der Waals surface area contributed by atoms with Gasteiger partial charge in [-0.1, -0.05) is 0 Å².